The normalized spacial score (nSPS) is 16.4. The molecule has 4 rings (SSSR count). The molecule has 1 fully saturated rings. The van der Waals surface area contributed by atoms with Gasteiger partial charge in [-0.15, -0.1) is 21.5 Å². The van der Waals surface area contributed by atoms with E-state index in [2.05, 4.69) is 69.2 Å². The molecule has 1 N–H and O–H groups in total. The smallest absolute Gasteiger partial charge is 0.209 e. The van der Waals surface area contributed by atoms with Crippen LogP contribution in [0.1, 0.15) is 42.3 Å². The summed E-state index contributed by atoms with van der Waals surface area (Å²) in [4.78, 5) is 10.5. The second kappa shape index (κ2) is 8.77. The van der Waals surface area contributed by atoms with E-state index in [9.17, 15) is 0 Å². The summed E-state index contributed by atoms with van der Waals surface area (Å²) in [6, 6.07) is 3.99. The van der Waals surface area contributed by atoms with Gasteiger partial charge in [0.1, 0.15) is 10.8 Å². The molecule has 3 heterocycles. The van der Waals surface area contributed by atoms with E-state index in [1.165, 1.54) is 4.88 Å². The molecule has 1 unspecified atom stereocenters. The summed E-state index contributed by atoms with van der Waals surface area (Å²) in [5.74, 6) is 0.457. The summed E-state index contributed by atoms with van der Waals surface area (Å²) in [5.41, 5.74) is 2.27. The maximum Gasteiger partial charge on any atom is 0.209 e. The van der Waals surface area contributed by atoms with Crippen molar-refractivity contribution in [1.82, 2.24) is 30.5 Å². The minimum atomic E-state index is -0.293. The number of aromatic nitrogens is 5. The number of thiazole rings is 1. The number of H-pyrrole nitrogens is 1. The Balaban J connectivity index is 1.58. The van der Waals surface area contributed by atoms with Gasteiger partial charge in [0.05, 0.1) is 17.3 Å². The van der Waals surface area contributed by atoms with Gasteiger partial charge in [-0.2, -0.15) is 5.21 Å². The number of anilines is 1. The van der Waals surface area contributed by atoms with Crippen LogP contribution in [0.5, 0.6) is 0 Å². The quantitative estimate of drug-likeness (QED) is 0.642. The van der Waals surface area contributed by atoms with Crippen LogP contribution in [0.25, 0.3) is 11.4 Å². The van der Waals surface area contributed by atoms with E-state index in [0.29, 0.717) is 17.3 Å². The first-order valence-electron chi connectivity index (χ1n) is 10.4. The van der Waals surface area contributed by atoms with Crippen LogP contribution in [0.2, 0.25) is 0 Å². The zero-order valence-electron chi connectivity index (χ0n) is 17.9. The average Bonchev–Trinajstić information content (AvgIpc) is 3.38. The summed E-state index contributed by atoms with van der Waals surface area (Å²) in [6.45, 7) is 12.0. The van der Waals surface area contributed by atoms with Gasteiger partial charge in [0.15, 0.2) is 0 Å². The van der Waals surface area contributed by atoms with Gasteiger partial charge < -0.3 is 4.90 Å². The van der Waals surface area contributed by atoms with Crippen LogP contribution < -0.4 is 4.90 Å². The van der Waals surface area contributed by atoms with E-state index in [1.54, 1.807) is 17.4 Å². The Morgan fingerprint density at radius 3 is 2.53 bits per heavy atom. The lowest BCUT2D eigenvalue weighted by molar-refractivity contribution is 0.198. The van der Waals surface area contributed by atoms with Gasteiger partial charge in [-0.05, 0) is 49.1 Å². The third kappa shape index (κ3) is 4.37. The highest BCUT2D eigenvalue weighted by Gasteiger charge is 2.27. The van der Waals surface area contributed by atoms with Crippen molar-refractivity contribution in [3.05, 3.63) is 39.6 Å². The number of nitrogens with one attached hydrogen (secondary N) is 1. The van der Waals surface area contributed by atoms with Gasteiger partial charge in [0.2, 0.25) is 5.82 Å². The van der Waals surface area contributed by atoms with Gasteiger partial charge in [-0.3, -0.25) is 4.90 Å². The van der Waals surface area contributed by atoms with Crippen molar-refractivity contribution < 1.29 is 4.39 Å². The van der Waals surface area contributed by atoms with E-state index in [-0.39, 0.29) is 11.9 Å². The Bertz CT molecular complexity index is 977. The Kier molecular flexibility index (Phi) is 6.10. The molecule has 9 heteroatoms. The Hall–Kier alpha value is -2.39. The lowest BCUT2D eigenvalue weighted by Gasteiger charge is -2.39. The fourth-order valence-electron chi connectivity index (χ4n) is 4.05. The predicted octanol–water partition coefficient (Wildman–Crippen LogP) is 3.85. The van der Waals surface area contributed by atoms with Crippen molar-refractivity contribution in [1.29, 1.82) is 0 Å². The van der Waals surface area contributed by atoms with Crippen LogP contribution >= 0.6 is 11.3 Å². The summed E-state index contributed by atoms with van der Waals surface area (Å²) in [6.07, 6.45) is 2.77. The maximum absolute atomic E-state index is 15.1. The molecule has 0 spiro atoms. The van der Waals surface area contributed by atoms with Gasteiger partial charge in [0.25, 0.3) is 0 Å². The molecular formula is C21H28FN7S. The summed E-state index contributed by atoms with van der Waals surface area (Å²) >= 11 is 1.75. The third-order valence-corrected chi connectivity index (χ3v) is 6.62. The van der Waals surface area contributed by atoms with Crippen LogP contribution in [0.4, 0.5) is 10.1 Å². The standard InChI is InChI=1S/C21H28FN7S/c1-13(2)9-16-10-17(22)19(20-24-26-27-25-20)18(11-16)29-7-5-28(6-8-29)15(4)21-23-12-14(3)30-21/h10-13,15H,5-9H2,1-4H3,(H,24,25,26,27). The van der Waals surface area contributed by atoms with E-state index in [0.717, 1.165) is 48.9 Å². The van der Waals surface area contributed by atoms with Crippen molar-refractivity contribution in [2.75, 3.05) is 31.1 Å². The number of aromatic amines is 1. The van der Waals surface area contributed by atoms with Gasteiger partial charge in [-0.25, -0.2) is 9.37 Å². The maximum atomic E-state index is 15.1. The first-order chi connectivity index (χ1) is 14.4. The van der Waals surface area contributed by atoms with E-state index in [1.807, 2.05) is 6.20 Å². The number of piperazine rings is 1. The number of halogens is 1. The number of aryl methyl sites for hydroxylation is 1. The zero-order valence-corrected chi connectivity index (χ0v) is 18.7. The van der Waals surface area contributed by atoms with Gasteiger partial charge >= 0.3 is 0 Å². The molecule has 3 aromatic rings. The highest BCUT2D eigenvalue weighted by atomic mass is 32.1. The molecule has 1 saturated heterocycles. The fraction of sp³-hybridized carbons (Fsp3) is 0.524. The molecular weight excluding hydrogens is 401 g/mol. The predicted molar refractivity (Wildman–Crippen MR) is 117 cm³/mol. The van der Waals surface area contributed by atoms with E-state index >= 15 is 4.39 Å². The number of nitrogens with zero attached hydrogens (tertiary/aromatic N) is 6. The molecule has 7 nitrogen and oxygen atoms in total. The van der Waals surface area contributed by atoms with Gasteiger partial charge in [0, 0.05) is 37.3 Å². The molecule has 160 valence electrons. The van der Waals surface area contributed by atoms with Crippen molar-refractivity contribution in [2.45, 2.75) is 40.2 Å². The van der Waals surface area contributed by atoms with Crippen molar-refractivity contribution >= 4 is 17.0 Å². The number of benzene rings is 1. The van der Waals surface area contributed by atoms with Gasteiger partial charge in [-0.1, -0.05) is 13.8 Å². The number of hydrogen-bond donors (Lipinski definition) is 1. The third-order valence-electron chi connectivity index (χ3n) is 5.54. The van der Waals surface area contributed by atoms with Crippen LogP contribution in [-0.2, 0) is 6.42 Å². The lowest BCUT2D eigenvalue weighted by atomic mass is 9.98. The highest BCUT2D eigenvalue weighted by Crippen LogP contribution is 2.35. The van der Waals surface area contributed by atoms with E-state index < -0.39 is 0 Å². The molecule has 1 aliphatic heterocycles. The Morgan fingerprint density at radius 2 is 1.93 bits per heavy atom. The molecule has 0 saturated carbocycles. The minimum Gasteiger partial charge on any atom is -0.368 e. The average molecular weight is 430 g/mol. The summed E-state index contributed by atoms with van der Waals surface area (Å²) in [5, 5.41) is 15.3. The van der Waals surface area contributed by atoms with Crippen LogP contribution in [-0.4, -0.2) is 56.7 Å². The first kappa shape index (κ1) is 20.9. The fourth-order valence-corrected chi connectivity index (χ4v) is 4.91. The number of hydrogen-bond acceptors (Lipinski definition) is 7. The molecule has 0 bridgehead atoms. The molecule has 0 amide bonds. The Labute approximate surface area is 180 Å². The summed E-state index contributed by atoms with van der Waals surface area (Å²) < 4.78 is 15.1. The molecule has 30 heavy (non-hydrogen) atoms. The second-order valence-corrected chi connectivity index (χ2v) is 9.58. The van der Waals surface area contributed by atoms with Crippen molar-refractivity contribution in [3.8, 4) is 11.4 Å². The molecule has 2 aromatic heterocycles. The summed E-state index contributed by atoms with van der Waals surface area (Å²) in [7, 11) is 0. The lowest BCUT2D eigenvalue weighted by Crippen LogP contribution is -2.47. The number of tetrazole rings is 1. The zero-order chi connectivity index (χ0) is 21.3. The number of rotatable bonds is 6. The van der Waals surface area contributed by atoms with Crippen LogP contribution in [0, 0.1) is 18.7 Å². The molecule has 1 atom stereocenters. The second-order valence-electron chi connectivity index (χ2n) is 8.31. The molecule has 1 aromatic carbocycles. The molecule has 0 radical (unpaired) electrons. The largest absolute Gasteiger partial charge is 0.368 e. The highest BCUT2D eigenvalue weighted by molar-refractivity contribution is 7.11. The molecule has 0 aliphatic carbocycles. The van der Waals surface area contributed by atoms with Crippen molar-refractivity contribution in [3.63, 3.8) is 0 Å². The SMILES string of the molecule is Cc1cnc(C(C)N2CCN(c3cc(CC(C)C)cc(F)c3-c3nn[nH]n3)CC2)s1. The topological polar surface area (TPSA) is 73.8 Å². The van der Waals surface area contributed by atoms with Crippen LogP contribution in [0.15, 0.2) is 18.3 Å². The first-order valence-corrected chi connectivity index (χ1v) is 11.2. The minimum absolute atomic E-state index is 0.284. The van der Waals surface area contributed by atoms with E-state index in [4.69, 9.17) is 0 Å². The monoisotopic (exact) mass is 429 g/mol. The molecule has 1 aliphatic rings. The Morgan fingerprint density at radius 1 is 1.17 bits per heavy atom. The van der Waals surface area contributed by atoms with Crippen LogP contribution in [0.3, 0.4) is 0 Å². The van der Waals surface area contributed by atoms with Crippen molar-refractivity contribution in [2.24, 2.45) is 5.92 Å².